The van der Waals surface area contributed by atoms with E-state index >= 15 is 0 Å². The van der Waals surface area contributed by atoms with E-state index in [1.807, 2.05) is 46.8 Å². The van der Waals surface area contributed by atoms with E-state index in [0.717, 1.165) is 22.4 Å². The molecule has 19 heavy (non-hydrogen) atoms. The maximum Gasteiger partial charge on any atom is 0.125 e. The largest absolute Gasteiger partial charge is 0.491 e. The molecule has 0 unspecified atom stereocenters. The summed E-state index contributed by atoms with van der Waals surface area (Å²) >= 11 is 0. The minimum absolute atomic E-state index is 0.0776. The van der Waals surface area contributed by atoms with Crippen LogP contribution in [0.5, 0.6) is 5.75 Å². The normalized spacial score (nSPS) is 11.4. The van der Waals surface area contributed by atoms with Gasteiger partial charge in [-0.1, -0.05) is 0 Å². The van der Waals surface area contributed by atoms with Crippen molar-refractivity contribution in [3.63, 3.8) is 0 Å². The molecule has 0 amide bonds. The highest BCUT2D eigenvalue weighted by atomic mass is 16.5. The molecule has 0 saturated carbocycles. The molecule has 0 aliphatic heterocycles. The van der Waals surface area contributed by atoms with Gasteiger partial charge in [0.2, 0.25) is 0 Å². The second-order valence-electron chi connectivity index (χ2n) is 5.66. The van der Waals surface area contributed by atoms with Crippen LogP contribution < -0.4 is 10.5 Å². The molecule has 0 aliphatic rings. The number of benzene rings is 1. The van der Waals surface area contributed by atoms with E-state index in [1.165, 1.54) is 0 Å². The maximum absolute atomic E-state index is 7.45. The number of aryl methyl sites for hydroxylation is 2. The molecule has 1 aromatic rings. The maximum atomic E-state index is 7.45. The van der Waals surface area contributed by atoms with Crippen LogP contribution in [0.3, 0.4) is 0 Å². The van der Waals surface area contributed by atoms with Gasteiger partial charge < -0.3 is 15.2 Å². The number of ether oxygens (including phenoxy) is 2. The Balaban J connectivity index is 2.67. The Labute approximate surface area is 115 Å². The molecule has 3 N–H and O–H groups in total. The number of hydrogen-bond acceptors (Lipinski definition) is 3. The van der Waals surface area contributed by atoms with Gasteiger partial charge in [0.25, 0.3) is 0 Å². The van der Waals surface area contributed by atoms with Crippen LogP contribution in [0.2, 0.25) is 0 Å². The van der Waals surface area contributed by atoms with Gasteiger partial charge in [-0.25, -0.2) is 0 Å². The van der Waals surface area contributed by atoms with Crippen LogP contribution >= 0.6 is 0 Å². The van der Waals surface area contributed by atoms with Gasteiger partial charge in [-0.3, -0.25) is 5.41 Å². The van der Waals surface area contributed by atoms with Gasteiger partial charge in [-0.05, 0) is 57.9 Å². The van der Waals surface area contributed by atoms with E-state index in [-0.39, 0.29) is 11.4 Å². The summed E-state index contributed by atoms with van der Waals surface area (Å²) in [5.74, 6) is 0.927. The van der Waals surface area contributed by atoms with Crippen molar-refractivity contribution in [1.29, 1.82) is 5.41 Å². The van der Waals surface area contributed by atoms with Crippen molar-refractivity contribution >= 4 is 5.84 Å². The third-order valence-corrected chi connectivity index (χ3v) is 2.64. The number of nitrogens with one attached hydrogen (secondary N) is 1. The molecule has 0 saturated heterocycles. The number of nitrogens with two attached hydrogens (primary N) is 1. The van der Waals surface area contributed by atoms with Crippen molar-refractivity contribution < 1.29 is 9.47 Å². The first-order chi connectivity index (χ1) is 8.70. The Morgan fingerprint density at radius 3 is 2.11 bits per heavy atom. The monoisotopic (exact) mass is 264 g/mol. The van der Waals surface area contributed by atoms with Gasteiger partial charge in [-0.15, -0.1) is 0 Å². The summed E-state index contributed by atoms with van der Waals surface area (Å²) in [7, 11) is 0. The van der Waals surface area contributed by atoms with Gasteiger partial charge in [0, 0.05) is 5.56 Å². The van der Waals surface area contributed by atoms with E-state index in [1.54, 1.807) is 0 Å². The van der Waals surface area contributed by atoms with Crippen molar-refractivity contribution in [2.75, 3.05) is 13.2 Å². The zero-order valence-electron chi connectivity index (χ0n) is 12.5. The van der Waals surface area contributed by atoms with Crippen LogP contribution in [0.4, 0.5) is 0 Å². The lowest BCUT2D eigenvalue weighted by atomic mass is 10.1. The van der Waals surface area contributed by atoms with Gasteiger partial charge >= 0.3 is 0 Å². The molecule has 0 atom stereocenters. The summed E-state index contributed by atoms with van der Waals surface area (Å²) in [5.41, 5.74) is 8.05. The molecule has 0 aliphatic carbocycles. The fraction of sp³-hybridized carbons (Fsp3) is 0.533. The van der Waals surface area contributed by atoms with Crippen LogP contribution in [0.15, 0.2) is 12.1 Å². The fourth-order valence-electron chi connectivity index (χ4n) is 1.83. The van der Waals surface area contributed by atoms with E-state index in [0.29, 0.717) is 13.2 Å². The van der Waals surface area contributed by atoms with Gasteiger partial charge in [0.15, 0.2) is 0 Å². The van der Waals surface area contributed by atoms with Crippen LogP contribution in [0.25, 0.3) is 0 Å². The average Bonchev–Trinajstić information content (AvgIpc) is 2.25. The summed E-state index contributed by atoms with van der Waals surface area (Å²) in [6.07, 6.45) is 0. The number of nitrogen functional groups attached to an aromatic ring is 1. The van der Waals surface area contributed by atoms with Crippen LogP contribution in [-0.2, 0) is 4.74 Å². The van der Waals surface area contributed by atoms with Crippen molar-refractivity contribution in [1.82, 2.24) is 0 Å². The molecule has 1 rings (SSSR count). The lowest BCUT2D eigenvalue weighted by molar-refractivity contribution is -0.0164. The summed E-state index contributed by atoms with van der Waals surface area (Å²) in [6, 6.07) is 3.74. The second-order valence-corrected chi connectivity index (χ2v) is 5.66. The standard InChI is InChI=1S/C15H24N2O2/c1-10-8-12(14(16)17)9-11(2)13(10)18-6-7-19-15(3,4)5/h8-9H,6-7H2,1-5H3,(H3,16,17). The molecule has 0 heterocycles. The van der Waals surface area contributed by atoms with Crippen molar-refractivity contribution in [3.8, 4) is 5.75 Å². The Morgan fingerprint density at radius 2 is 1.68 bits per heavy atom. The molecule has 0 radical (unpaired) electrons. The Kier molecular flexibility index (Phi) is 4.95. The minimum atomic E-state index is -0.147. The van der Waals surface area contributed by atoms with Crippen LogP contribution in [0, 0.1) is 19.3 Å². The number of amidine groups is 1. The van der Waals surface area contributed by atoms with Crippen molar-refractivity contribution in [3.05, 3.63) is 28.8 Å². The van der Waals surface area contributed by atoms with Gasteiger partial charge in [0.05, 0.1) is 12.2 Å². The quantitative estimate of drug-likeness (QED) is 0.488. The zero-order valence-corrected chi connectivity index (χ0v) is 12.5. The Bertz CT molecular complexity index is 439. The molecule has 0 spiro atoms. The molecular weight excluding hydrogens is 240 g/mol. The lowest BCUT2D eigenvalue weighted by Gasteiger charge is -2.20. The third-order valence-electron chi connectivity index (χ3n) is 2.64. The molecule has 1 aromatic carbocycles. The SMILES string of the molecule is Cc1cc(C(=N)N)cc(C)c1OCCOC(C)(C)C. The van der Waals surface area contributed by atoms with Crippen molar-refractivity contribution in [2.24, 2.45) is 5.73 Å². The molecule has 0 bridgehead atoms. The van der Waals surface area contributed by atoms with Crippen molar-refractivity contribution in [2.45, 2.75) is 40.2 Å². The van der Waals surface area contributed by atoms with Gasteiger partial charge in [-0.2, -0.15) is 0 Å². The highest BCUT2D eigenvalue weighted by Gasteiger charge is 2.11. The summed E-state index contributed by atoms with van der Waals surface area (Å²) < 4.78 is 11.4. The molecule has 0 aromatic heterocycles. The van der Waals surface area contributed by atoms with Crippen LogP contribution in [0.1, 0.15) is 37.5 Å². The summed E-state index contributed by atoms with van der Waals surface area (Å²) in [6.45, 7) is 11.0. The minimum Gasteiger partial charge on any atom is -0.491 e. The highest BCUT2D eigenvalue weighted by molar-refractivity contribution is 5.95. The zero-order chi connectivity index (χ0) is 14.6. The second kappa shape index (κ2) is 6.06. The average molecular weight is 264 g/mol. The predicted octanol–water partition coefficient (Wildman–Crippen LogP) is 2.78. The Hall–Kier alpha value is -1.55. The number of rotatable bonds is 5. The first kappa shape index (κ1) is 15.5. The first-order valence-corrected chi connectivity index (χ1v) is 6.43. The summed E-state index contributed by atoms with van der Waals surface area (Å²) in [5, 5.41) is 7.45. The fourth-order valence-corrected chi connectivity index (χ4v) is 1.83. The highest BCUT2D eigenvalue weighted by Crippen LogP contribution is 2.24. The molecule has 106 valence electrons. The number of hydrogen-bond donors (Lipinski definition) is 2. The third kappa shape index (κ3) is 4.91. The molecule has 4 heteroatoms. The lowest BCUT2D eigenvalue weighted by Crippen LogP contribution is -2.22. The predicted molar refractivity (Wildman–Crippen MR) is 78.1 cm³/mol. The molecule has 0 fully saturated rings. The van der Waals surface area contributed by atoms with E-state index in [2.05, 4.69) is 0 Å². The van der Waals surface area contributed by atoms with Crippen LogP contribution in [-0.4, -0.2) is 24.7 Å². The van der Waals surface area contributed by atoms with E-state index in [4.69, 9.17) is 20.6 Å². The summed E-state index contributed by atoms with van der Waals surface area (Å²) in [4.78, 5) is 0. The van der Waals surface area contributed by atoms with Gasteiger partial charge in [0.1, 0.15) is 18.2 Å². The molecular formula is C15H24N2O2. The van der Waals surface area contributed by atoms with E-state index in [9.17, 15) is 0 Å². The topological polar surface area (TPSA) is 68.3 Å². The Morgan fingerprint density at radius 1 is 1.16 bits per heavy atom. The molecule has 4 nitrogen and oxygen atoms in total. The first-order valence-electron chi connectivity index (χ1n) is 6.43. The smallest absolute Gasteiger partial charge is 0.125 e. The van der Waals surface area contributed by atoms with E-state index < -0.39 is 0 Å².